The van der Waals surface area contributed by atoms with E-state index in [1.54, 1.807) is 12.1 Å². The Hall–Kier alpha value is -3.17. The molecule has 0 saturated carbocycles. The Kier molecular flexibility index (Phi) is 10.00. The third-order valence-electron chi connectivity index (χ3n) is 7.33. The number of allylic oxidation sites excluding steroid dienone is 4. The summed E-state index contributed by atoms with van der Waals surface area (Å²) in [5.41, 5.74) is 2.26. The number of nitrogens with one attached hydrogen (secondary N) is 2. The van der Waals surface area contributed by atoms with Crippen LogP contribution in [0.15, 0.2) is 72.5 Å². The molecule has 0 fully saturated rings. The minimum Gasteiger partial charge on any atom is -0.513 e. The Bertz CT molecular complexity index is 1560. The van der Waals surface area contributed by atoms with Gasteiger partial charge in [-0.3, -0.25) is 0 Å². The van der Waals surface area contributed by atoms with E-state index in [4.69, 9.17) is 11.6 Å². The molecule has 0 aliphatic heterocycles. The lowest BCUT2D eigenvalue weighted by atomic mass is 9.97. The summed E-state index contributed by atoms with van der Waals surface area (Å²) in [6.07, 6.45) is -1.68. The molecule has 3 N–H and O–H groups in total. The van der Waals surface area contributed by atoms with Gasteiger partial charge in [-0.1, -0.05) is 61.5 Å². The molecule has 0 spiro atoms. The number of benzene rings is 2. The van der Waals surface area contributed by atoms with Crippen molar-refractivity contribution >= 4 is 38.6 Å². The Labute approximate surface area is 251 Å². The number of alkyl halides is 3. The van der Waals surface area contributed by atoms with Crippen LogP contribution in [0.25, 0.3) is 5.70 Å². The number of hydrogen-bond acceptors (Lipinski definition) is 3. The second-order valence-electron chi connectivity index (χ2n) is 11.3. The van der Waals surface area contributed by atoms with Gasteiger partial charge in [0, 0.05) is 34.8 Å². The molecule has 228 valence electrons. The average Bonchev–Trinajstić information content (AvgIpc) is 2.86. The highest BCUT2D eigenvalue weighted by atomic mass is 35.5. The van der Waals surface area contributed by atoms with E-state index in [0.29, 0.717) is 33.6 Å². The van der Waals surface area contributed by atoms with E-state index >= 15 is 0 Å². The maximum absolute atomic E-state index is 14.8. The van der Waals surface area contributed by atoms with Crippen molar-refractivity contribution in [3.8, 4) is 0 Å². The molecule has 2 atom stereocenters. The summed E-state index contributed by atoms with van der Waals surface area (Å²) >= 11 is 6.48. The Balaban J connectivity index is 2.03. The van der Waals surface area contributed by atoms with E-state index in [1.165, 1.54) is 19.1 Å². The molecule has 0 radical (unpaired) electrons. The Morgan fingerprint density at radius 3 is 2.38 bits per heavy atom. The first kappa shape index (κ1) is 33.3. The minimum absolute atomic E-state index is 0.0844. The van der Waals surface area contributed by atoms with Gasteiger partial charge >= 0.3 is 6.18 Å². The van der Waals surface area contributed by atoms with Gasteiger partial charge < -0.3 is 15.1 Å². The quantitative estimate of drug-likeness (QED) is 0.133. The fourth-order valence-electron chi connectivity index (χ4n) is 4.64. The van der Waals surface area contributed by atoms with Crippen molar-refractivity contribution in [2.45, 2.75) is 70.3 Å². The van der Waals surface area contributed by atoms with E-state index in [0.717, 1.165) is 18.6 Å². The predicted octanol–water partition coefficient (Wildman–Crippen LogP) is 8.68. The third-order valence-corrected chi connectivity index (χ3v) is 9.74. The van der Waals surface area contributed by atoms with Crippen molar-refractivity contribution in [1.82, 2.24) is 5.32 Å². The predicted molar refractivity (Wildman–Crippen MR) is 168 cm³/mol. The van der Waals surface area contributed by atoms with Crippen molar-refractivity contribution in [2.24, 2.45) is 0 Å². The average molecular weight is 625 g/mol. The Morgan fingerprint density at radius 1 is 1.14 bits per heavy atom. The summed E-state index contributed by atoms with van der Waals surface area (Å²) in [6, 6.07) is 8.06. The molecule has 2 unspecified atom stereocenters. The standard InChI is InChI=1S/C32H37ClF4N2O2S/c1-8-31(5,6)38-21(4)22-9-10-23(15-24-17-28(34)25(14-20(3)40)16-27(24)33)29(18-22)39-42(7,41)30-12-11-26(13-19(30)2)32(35,36)37/h9-11,13,16-18,30,38,40H,3-4,7-8,12,14-15H2,1-2,5-6H3,(H,39,41). The maximum Gasteiger partial charge on any atom is 0.416 e. The van der Waals surface area contributed by atoms with E-state index in [1.807, 2.05) is 26.8 Å². The molecule has 0 amide bonds. The molecule has 2 aromatic rings. The fraction of sp³-hybridized carbons (Fsp3) is 0.344. The minimum atomic E-state index is -4.50. The van der Waals surface area contributed by atoms with Crippen LogP contribution in [-0.4, -0.2) is 32.2 Å². The van der Waals surface area contributed by atoms with Gasteiger partial charge in [0.1, 0.15) is 5.82 Å². The first-order chi connectivity index (χ1) is 19.3. The second kappa shape index (κ2) is 12.6. The number of hydrogen-bond donors (Lipinski definition) is 3. The SMILES string of the molecule is C=C(O)Cc1cc(Cl)c(Cc2ccc(C(=C)NC(C)(C)CC)cc2NS(=C)(=O)C2CC=C(C(F)(F)F)C=C2C)cc1F. The fourth-order valence-corrected chi connectivity index (χ4v) is 6.67. The number of halogens is 5. The molecule has 1 aliphatic rings. The topological polar surface area (TPSA) is 61.4 Å². The van der Waals surface area contributed by atoms with Crippen LogP contribution < -0.4 is 10.0 Å². The molecular formula is C32H37ClF4N2O2S. The highest BCUT2D eigenvalue weighted by Crippen LogP contribution is 2.35. The van der Waals surface area contributed by atoms with Gasteiger partial charge in [-0.15, -0.1) is 0 Å². The zero-order valence-electron chi connectivity index (χ0n) is 24.2. The molecular weight excluding hydrogens is 588 g/mol. The van der Waals surface area contributed by atoms with Crippen molar-refractivity contribution in [1.29, 1.82) is 0 Å². The maximum atomic E-state index is 14.8. The van der Waals surface area contributed by atoms with Crippen LogP contribution in [-0.2, 0) is 22.5 Å². The van der Waals surface area contributed by atoms with Gasteiger partial charge in [-0.2, -0.15) is 13.2 Å². The molecule has 2 aromatic carbocycles. The smallest absolute Gasteiger partial charge is 0.416 e. The molecule has 0 bridgehead atoms. The summed E-state index contributed by atoms with van der Waals surface area (Å²) in [6.45, 7) is 15.2. The molecule has 3 rings (SSSR count). The number of anilines is 1. The van der Waals surface area contributed by atoms with Gasteiger partial charge in [0.2, 0.25) is 0 Å². The van der Waals surface area contributed by atoms with Crippen molar-refractivity contribution in [3.05, 3.63) is 106 Å². The van der Waals surface area contributed by atoms with Crippen LogP contribution in [0.1, 0.15) is 62.8 Å². The lowest BCUT2D eigenvalue weighted by Gasteiger charge is -2.29. The lowest BCUT2D eigenvalue weighted by molar-refractivity contribution is -0.0887. The third kappa shape index (κ3) is 8.22. The molecule has 0 saturated heterocycles. The monoisotopic (exact) mass is 624 g/mol. The van der Waals surface area contributed by atoms with Crippen LogP contribution in [0.4, 0.5) is 23.2 Å². The second-order valence-corrected chi connectivity index (χ2v) is 13.9. The zero-order chi connectivity index (χ0) is 31.6. The highest BCUT2D eigenvalue weighted by Gasteiger charge is 2.36. The van der Waals surface area contributed by atoms with Gasteiger partial charge in [-0.05, 0) is 79.9 Å². The number of rotatable bonds is 11. The molecule has 4 nitrogen and oxygen atoms in total. The van der Waals surface area contributed by atoms with Gasteiger partial charge in [0.25, 0.3) is 0 Å². The van der Waals surface area contributed by atoms with Crippen LogP contribution in [0.3, 0.4) is 0 Å². The van der Waals surface area contributed by atoms with Gasteiger partial charge in [0.05, 0.1) is 26.3 Å². The highest BCUT2D eigenvalue weighted by molar-refractivity contribution is 8.02. The van der Waals surface area contributed by atoms with Crippen molar-refractivity contribution in [2.75, 3.05) is 4.72 Å². The number of aliphatic hydroxyl groups is 1. The van der Waals surface area contributed by atoms with E-state index in [2.05, 4.69) is 29.1 Å². The lowest BCUT2D eigenvalue weighted by Crippen LogP contribution is -2.36. The summed E-state index contributed by atoms with van der Waals surface area (Å²) in [5.74, 6) is 3.14. The van der Waals surface area contributed by atoms with E-state index in [9.17, 15) is 26.9 Å². The summed E-state index contributed by atoms with van der Waals surface area (Å²) in [5, 5.41) is 12.3. The van der Waals surface area contributed by atoms with Gasteiger partial charge in [0.15, 0.2) is 0 Å². The number of aliphatic hydroxyl groups excluding tert-OH is 1. The summed E-state index contributed by atoms with van der Waals surface area (Å²) < 4.78 is 71.6. The zero-order valence-corrected chi connectivity index (χ0v) is 25.8. The first-order valence-corrected chi connectivity index (χ1v) is 15.5. The van der Waals surface area contributed by atoms with Crippen LogP contribution in [0.5, 0.6) is 0 Å². The molecule has 1 aliphatic carbocycles. The first-order valence-electron chi connectivity index (χ1n) is 13.4. The van der Waals surface area contributed by atoms with Crippen LogP contribution in [0.2, 0.25) is 5.02 Å². The van der Waals surface area contributed by atoms with E-state index < -0.39 is 32.5 Å². The molecule has 10 heteroatoms. The summed E-state index contributed by atoms with van der Waals surface area (Å²) in [7, 11) is -3.21. The van der Waals surface area contributed by atoms with Gasteiger partial charge in [-0.25, -0.2) is 8.60 Å². The largest absolute Gasteiger partial charge is 0.513 e. The normalized spacial score (nSPS) is 17.1. The molecule has 0 aromatic heterocycles. The Morgan fingerprint density at radius 2 is 1.81 bits per heavy atom. The van der Waals surface area contributed by atoms with E-state index in [-0.39, 0.29) is 41.1 Å². The van der Waals surface area contributed by atoms with Crippen LogP contribution >= 0.6 is 11.6 Å². The van der Waals surface area contributed by atoms with Crippen molar-refractivity contribution in [3.63, 3.8) is 0 Å². The van der Waals surface area contributed by atoms with Crippen molar-refractivity contribution < 1.29 is 26.9 Å². The molecule has 42 heavy (non-hydrogen) atoms. The molecule has 0 heterocycles. The summed E-state index contributed by atoms with van der Waals surface area (Å²) in [4.78, 5) is 0. The van der Waals surface area contributed by atoms with Crippen LogP contribution in [0, 0.1) is 5.82 Å².